The second kappa shape index (κ2) is 9.07. The zero-order valence-corrected chi connectivity index (χ0v) is 17.8. The predicted molar refractivity (Wildman–Crippen MR) is 116 cm³/mol. The Morgan fingerprint density at radius 2 is 1.94 bits per heavy atom. The Hall–Kier alpha value is -3.55. The van der Waals surface area contributed by atoms with Gasteiger partial charge in [-0.3, -0.25) is 9.78 Å². The highest BCUT2D eigenvalue weighted by Gasteiger charge is 2.19. The quantitative estimate of drug-likeness (QED) is 0.415. The summed E-state index contributed by atoms with van der Waals surface area (Å²) >= 11 is 2.40. The Morgan fingerprint density at radius 1 is 1.19 bits per heavy atom. The van der Waals surface area contributed by atoms with Crippen molar-refractivity contribution in [2.45, 2.75) is 12.1 Å². The molecular formula is C21H14FN5O2S2. The molecule has 3 heterocycles. The number of halogens is 1. The molecule has 0 saturated heterocycles. The molecule has 0 saturated carbocycles. The number of thiophene rings is 1. The molecule has 0 radical (unpaired) electrons. The SMILES string of the molecule is Cc1sc(NC(=O)CSc2nnc(-c3ccncc3)o2)c(C#N)c1-c1ccc(F)cc1. The van der Waals surface area contributed by atoms with Gasteiger partial charge in [-0.25, -0.2) is 4.39 Å². The molecule has 1 amide bonds. The van der Waals surface area contributed by atoms with Crippen molar-refractivity contribution in [1.29, 1.82) is 5.26 Å². The molecule has 1 aromatic carbocycles. The summed E-state index contributed by atoms with van der Waals surface area (Å²) in [5.41, 5.74) is 2.50. The number of rotatable bonds is 6. The molecule has 0 aliphatic carbocycles. The molecule has 3 aromatic heterocycles. The Bertz CT molecular complexity index is 1260. The number of anilines is 1. The number of amides is 1. The van der Waals surface area contributed by atoms with Crippen LogP contribution in [0.15, 0.2) is 58.4 Å². The fourth-order valence-corrected chi connectivity index (χ4v) is 4.48. The van der Waals surface area contributed by atoms with Gasteiger partial charge in [-0.05, 0) is 36.8 Å². The van der Waals surface area contributed by atoms with E-state index in [1.807, 2.05) is 6.92 Å². The van der Waals surface area contributed by atoms with E-state index >= 15 is 0 Å². The second-order valence-corrected chi connectivity index (χ2v) is 8.45. The highest BCUT2D eigenvalue weighted by molar-refractivity contribution is 7.99. The van der Waals surface area contributed by atoms with E-state index in [9.17, 15) is 14.4 Å². The van der Waals surface area contributed by atoms with Crippen molar-refractivity contribution in [2.75, 3.05) is 11.1 Å². The number of hydrogen-bond acceptors (Lipinski definition) is 8. The topological polar surface area (TPSA) is 105 Å². The maximum Gasteiger partial charge on any atom is 0.277 e. The van der Waals surface area contributed by atoms with Gasteiger partial charge in [-0.15, -0.1) is 21.5 Å². The molecule has 0 atom stereocenters. The molecule has 0 fully saturated rings. The molecule has 4 aromatic rings. The zero-order chi connectivity index (χ0) is 21.8. The van der Waals surface area contributed by atoms with Crippen LogP contribution < -0.4 is 5.32 Å². The van der Waals surface area contributed by atoms with Crippen molar-refractivity contribution in [3.8, 4) is 28.7 Å². The number of carbonyl (C=O) groups excluding carboxylic acids is 1. The summed E-state index contributed by atoms with van der Waals surface area (Å²) in [5, 5.41) is 21.0. The zero-order valence-electron chi connectivity index (χ0n) is 16.1. The Labute approximate surface area is 185 Å². The average molecular weight is 452 g/mol. The van der Waals surface area contributed by atoms with Gasteiger partial charge in [0.15, 0.2) is 0 Å². The van der Waals surface area contributed by atoms with E-state index in [1.165, 1.54) is 23.5 Å². The Morgan fingerprint density at radius 3 is 2.65 bits per heavy atom. The van der Waals surface area contributed by atoms with E-state index in [4.69, 9.17) is 4.42 Å². The van der Waals surface area contributed by atoms with Crippen LogP contribution >= 0.6 is 23.1 Å². The number of aromatic nitrogens is 3. The average Bonchev–Trinajstić information content (AvgIpc) is 3.37. The molecule has 0 spiro atoms. The van der Waals surface area contributed by atoms with Crippen molar-refractivity contribution < 1.29 is 13.6 Å². The molecule has 0 unspecified atom stereocenters. The maximum absolute atomic E-state index is 13.2. The van der Waals surface area contributed by atoms with E-state index in [1.54, 1.807) is 36.7 Å². The van der Waals surface area contributed by atoms with E-state index in [-0.39, 0.29) is 22.7 Å². The van der Waals surface area contributed by atoms with Crippen LogP contribution in [-0.2, 0) is 4.79 Å². The van der Waals surface area contributed by atoms with Crippen LogP contribution in [0.25, 0.3) is 22.6 Å². The van der Waals surface area contributed by atoms with E-state index in [2.05, 4.69) is 26.6 Å². The highest BCUT2D eigenvalue weighted by Crippen LogP contribution is 2.39. The van der Waals surface area contributed by atoms with Crippen LogP contribution in [0.2, 0.25) is 0 Å². The summed E-state index contributed by atoms with van der Waals surface area (Å²) in [4.78, 5) is 17.2. The number of thioether (sulfide) groups is 1. The Balaban J connectivity index is 1.45. The summed E-state index contributed by atoms with van der Waals surface area (Å²) < 4.78 is 18.8. The van der Waals surface area contributed by atoms with E-state index in [0.29, 0.717) is 22.0 Å². The van der Waals surface area contributed by atoms with Crippen molar-refractivity contribution in [3.05, 3.63) is 65.0 Å². The van der Waals surface area contributed by atoms with E-state index in [0.717, 1.165) is 27.8 Å². The molecule has 0 bridgehead atoms. The maximum atomic E-state index is 13.2. The number of benzene rings is 1. The number of aryl methyl sites for hydroxylation is 1. The van der Waals surface area contributed by atoms with Crippen LogP contribution in [0.5, 0.6) is 0 Å². The van der Waals surface area contributed by atoms with Crippen molar-refractivity contribution >= 4 is 34.0 Å². The minimum atomic E-state index is -0.353. The van der Waals surface area contributed by atoms with Crippen LogP contribution in [0, 0.1) is 24.1 Å². The predicted octanol–water partition coefficient (Wildman–Crippen LogP) is 4.91. The summed E-state index contributed by atoms with van der Waals surface area (Å²) in [6, 6.07) is 11.5. The smallest absolute Gasteiger partial charge is 0.277 e. The number of nitrogens with one attached hydrogen (secondary N) is 1. The number of pyridine rings is 1. The van der Waals surface area contributed by atoms with Gasteiger partial charge in [0, 0.05) is 28.4 Å². The summed E-state index contributed by atoms with van der Waals surface area (Å²) in [7, 11) is 0. The minimum absolute atomic E-state index is 0.0334. The number of nitriles is 1. The lowest BCUT2D eigenvalue weighted by molar-refractivity contribution is -0.113. The lowest BCUT2D eigenvalue weighted by Crippen LogP contribution is -2.13. The first-order chi connectivity index (χ1) is 15.0. The third-order valence-electron chi connectivity index (χ3n) is 4.24. The van der Waals surface area contributed by atoms with Crippen molar-refractivity contribution in [1.82, 2.24) is 15.2 Å². The third-order valence-corrected chi connectivity index (χ3v) is 6.08. The first-order valence-electron chi connectivity index (χ1n) is 9.01. The minimum Gasteiger partial charge on any atom is -0.411 e. The standard InChI is InChI=1S/C21H14FN5O2S2/c1-12-18(13-2-4-15(22)5-3-13)16(10-23)20(31-12)25-17(28)11-30-21-27-26-19(29-21)14-6-8-24-9-7-14/h2-9H,11H2,1H3,(H,25,28). The molecule has 4 rings (SSSR count). The van der Waals surface area contributed by atoms with Crippen LogP contribution in [0.3, 0.4) is 0 Å². The summed E-state index contributed by atoms with van der Waals surface area (Å²) in [5.74, 6) is -0.285. The first kappa shape index (κ1) is 20.7. The van der Waals surface area contributed by atoms with Gasteiger partial charge < -0.3 is 9.73 Å². The van der Waals surface area contributed by atoms with Gasteiger partial charge in [-0.1, -0.05) is 23.9 Å². The normalized spacial score (nSPS) is 10.6. The number of carbonyl (C=O) groups is 1. The molecule has 154 valence electrons. The molecule has 1 N–H and O–H groups in total. The summed E-state index contributed by atoms with van der Waals surface area (Å²) in [6.45, 7) is 1.85. The van der Waals surface area contributed by atoms with E-state index < -0.39 is 0 Å². The van der Waals surface area contributed by atoms with Gasteiger partial charge in [-0.2, -0.15) is 5.26 Å². The van der Waals surface area contributed by atoms with Crippen molar-refractivity contribution in [3.63, 3.8) is 0 Å². The largest absolute Gasteiger partial charge is 0.411 e. The molecule has 31 heavy (non-hydrogen) atoms. The highest BCUT2D eigenvalue weighted by atomic mass is 32.2. The fraction of sp³-hybridized carbons (Fsp3) is 0.0952. The van der Waals surface area contributed by atoms with Crippen LogP contribution in [-0.4, -0.2) is 26.8 Å². The molecular weight excluding hydrogens is 437 g/mol. The monoisotopic (exact) mass is 451 g/mol. The van der Waals surface area contributed by atoms with Crippen LogP contribution in [0.4, 0.5) is 9.39 Å². The Kier molecular flexibility index (Phi) is 6.06. The van der Waals surface area contributed by atoms with Crippen molar-refractivity contribution in [2.24, 2.45) is 0 Å². The molecule has 7 nitrogen and oxygen atoms in total. The van der Waals surface area contributed by atoms with Gasteiger partial charge in [0.05, 0.1) is 11.3 Å². The number of hydrogen-bond donors (Lipinski definition) is 1. The van der Waals surface area contributed by atoms with Gasteiger partial charge in [0.1, 0.15) is 16.9 Å². The molecule has 0 aliphatic rings. The van der Waals surface area contributed by atoms with Gasteiger partial charge >= 0.3 is 0 Å². The lowest BCUT2D eigenvalue weighted by Gasteiger charge is -2.03. The number of nitrogens with zero attached hydrogens (tertiary/aromatic N) is 4. The first-order valence-corrected chi connectivity index (χ1v) is 10.8. The lowest BCUT2D eigenvalue weighted by atomic mass is 10.0. The van der Waals surface area contributed by atoms with Crippen LogP contribution in [0.1, 0.15) is 10.4 Å². The second-order valence-electron chi connectivity index (χ2n) is 6.30. The summed E-state index contributed by atoms with van der Waals surface area (Å²) in [6.07, 6.45) is 3.24. The molecule has 0 aliphatic heterocycles. The van der Waals surface area contributed by atoms with Gasteiger partial charge in [0.2, 0.25) is 11.8 Å². The van der Waals surface area contributed by atoms with Gasteiger partial charge in [0.25, 0.3) is 5.22 Å². The molecule has 10 heteroatoms. The third kappa shape index (κ3) is 4.63. The fourth-order valence-electron chi connectivity index (χ4n) is 2.87.